The SMILES string of the molecule is Cc1ccc(C#Cc2ccc(OC(C)C)c(C(=O)N[C@@H](CO)Cc3c[nH]c4ccccc34)c2)nc1. The van der Waals surface area contributed by atoms with E-state index in [9.17, 15) is 9.90 Å². The first kappa shape index (κ1) is 24.1. The number of carbonyl (C=O) groups is 1. The molecule has 2 heterocycles. The summed E-state index contributed by atoms with van der Waals surface area (Å²) in [7, 11) is 0. The highest BCUT2D eigenvalue weighted by Crippen LogP contribution is 2.23. The molecule has 0 unspecified atom stereocenters. The maximum absolute atomic E-state index is 13.3. The van der Waals surface area contributed by atoms with Gasteiger partial charge in [0, 0.05) is 28.9 Å². The maximum Gasteiger partial charge on any atom is 0.255 e. The molecule has 0 bridgehead atoms. The van der Waals surface area contributed by atoms with Crippen molar-refractivity contribution in [3.05, 3.63) is 94.9 Å². The molecule has 2 aromatic heterocycles. The van der Waals surface area contributed by atoms with E-state index in [0.717, 1.165) is 22.0 Å². The molecule has 1 amide bonds. The number of aliphatic hydroxyl groups excluding tert-OH is 1. The van der Waals surface area contributed by atoms with Crippen molar-refractivity contribution >= 4 is 16.8 Å². The van der Waals surface area contributed by atoms with Gasteiger partial charge in [-0.1, -0.05) is 30.2 Å². The van der Waals surface area contributed by atoms with Gasteiger partial charge < -0.3 is 20.1 Å². The van der Waals surface area contributed by atoms with Crippen LogP contribution in [0.25, 0.3) is 10.9 Å². The summed E-state index contributed by atoms with van der Waals surface area (Å²) in [5.41, 5.74) is 4.82. The Morgan fingerprint density at radius 2 is 1.97 bits per heavy atom. The number of H-pyrrole nitrogens is 1. The van der Waals surface area contributed by atoms with Gasteiger partial charge in [0.15, 0.2) is 0 Å². The normalized spacial score (nSPS) is 11.7. The summed E-state index contributed by atoms with van der Waals surface area (Å²) in [6.07, 6.45) is 4.08. The number of aryl methyl sites for hydroxylation is 1. The molecule has 35 heavy (non-hydrogen) atoms. The van der Waals surface area contributed by atoms with Crippen molar-refractivity contribution in [1.82, 2.24) is 15.3 Å². The molecule has 3 N–H and O–H groups in total. The molecule has 0 spiro atoms. The summed E-state index contributed by atoms with van der Waals surface area (Å²) in [5, 5.41) is 14.0. The third kappa shape index (κ3) is 6.08. The number of aromatic amines is 1. The minimum Gasteiger partial charge on any atom is -0.490 e. The minimum absolute atomic E-state index is 0.102. The number of fused-ring (bicyclic) bond motifs is 1. The number of benzene rings is 2. The van der Waals surface area contributed by atoms with E-state index >= 15 is 0 Å². The number of carbonyl (C=O) groups excluding carboxylic acids is 1. The highest BCUT2D eigenvalue weighted by Gasteiger charge is 2.19. The number of aliphatic hydroxyl groups is 1. The van der Waals surface area contributed by atoms with Crippen molar-refractivity contribution < 1.29 is 14.6 Å². The summed E-state index contributed by atoms with van der Waals surface area (Å²) in [5.74, 6) is 6.26. The zero-order valence-electron chi connectivity index (χ0n) is 20.1. The predicted octanol–water partition coefficient (Wildman–Crippen LogP) is 4.39. The van der Waals surface area contributed by atoms with E-state index in [2.05, 4.69) is 27.1 Å². The van der Waals surface area contributed by atoms with E-state index in [0.29, 0.717) is 29.0 Å². The Morgan fingerprint density at radius 1 is 1.14 bits per heavy atom. The molecule has 4 aromatic rings. The number of para-hydroxylation sites is 1. The third-order valence-corrected chi connectivity index (χ3v) is 5.53. The Hall–Kier alpha value is -4.08. The van der Waals surface area contributed by atoms with Gasteiger partial charge in [-0.3, -0.25) is 4.79 Å². The van der Waals surface area contributed by atoms with Crippen LogP contribution in [0.15, 0.2) is 67.0 Å². The van der Waals surface area contributed by atoms with Crippen LogP contribution in [0.5, 0.6) is 5.75 Å². The zero-order valence-corrected chi connectivity index (χ0v) is 20.1. The Balaban J connectivity index is 1.57. The number of aromatic nitrogens is 2. The standard InChI is InChI=1S/C29H29N3O3/c1-19(2)35-28-13-10-21(9-12-23-11-8-20(3)16-30-23)14-26(28)29(34)32-24(18-33)15-22-17-31-27-7-5-4-6-25(22)27/h4-8,10-11,13-14,16-17,19,24,31,33H,15,18H2,1-3H3,(H,32,34)/t24-/m1/s1. The second-order valence-electron chi connectivity index (χ2n) is 8.76. The van der Waals surface area contributed by atoms with Crippen molar-refractivity contribution in [3.63, 3.8) is 0 Å². The van der Waals surface area contributed by atoms with Crippen LogP contribution < -0.4 is 10.1 Å². The van der Waals surface area contributed by atoms with E-state index in [1.165, 1.54) is 0 Å². The van der Waals surface area contributed by atoms with Crippen LogP contribution in [0.4, 0.5) is 0 Å². The molecule has 0 saturated heterocycles. The van der Waals surface area contributed by atoms with Crippen LogP contribution in [0.2, 0.25) is 0 Å². The smallest absolute Gasteiger partial charge is 0.255 e. The van der Waals surface area contributed by atoms with Crippen molar-refractivity contribution in [2.45, 2.75) is 39.3 Å². The van der Waals surface area contributed by atoms with Gasteiger partial charge in [-0.25, -0.2) is 4.98 Å². The summed E-state index contributed by atoms with van der Waals surface area (Å²) in [6, 6.07) is 16.6. The molecule has 0 aliphatic rings. The molecule has 6 heteroatoms. The first-order valence-electron chi connectivity index (χ1n) is 11.6. The topological polar surface area (TPSA) is 87.2 Å². The van der Waals surface area contributed by atoms with Gasteiger partial charge in [0.2, 0.25) is 0 Å². The Morgan fingerprint density at radius 3 is 2.71 bits per heavy atom. The van der Waals surface area contributed by atoms with Gasteiger partial charge in [-0.05, 0) is 74.6 Å². The van der Waals surface area contributed by atoms with Crippen molar-refractivity contribution in [3.8, 4) is 17.6 Å². The van der Waals surface area contributed by atoms with E-state index in [1.54, 1.807) is 18.3 Å². The fourth-order valence-electron chi connectivity index (χ4n) is 3.81. The number of rotatable bonds is 7. The number of amides is 1. The van der Waals surface area contributed by atoms with Gasteiger partial charge >= 0.3 is 0 Å². The molecular weight excluding hydrogens is 438 g/mol. The molecule has 4 rings (SSSR count). The van der Waals surface area contributed by atoms with Crippen LogP contribution in [0, 0.1) is 18.8 Å². The average molecular weight is 468 g/mol. The zero-order chi connectivity index (χ0) is 24.8. The monoisotopic (exact) mass is 467 g/mol. The molecule has 0 aliphatic carbocycles. The quantitative estimate of drug-likeness (QED) is 0.352. The van der Waals surface area contributed by atoms with Crippen LogP contribution in [-0.2, 0) is 6.42 Å². The summed E-state index contributed by atoms with van der Waals surface area (Å²) in [4.78, 5) is 20.8. The molecule has 0 fully saturated rings. The molecule has 1 atom stereocenters. The Bertz CT molecular complexity index is 1380. The van der Waals surface area contributed by atoms with Crippen LogP contribution >= 0.6 is 0 Å². The van der Waals surface area contributed by atoms with Gasteiger partial charge in [-0.15, -0.1) is 0 Å². The Kier molecular flexibility index (Phi) is 7.49. The van der Waals surface area contributed by atoms with E-state index < -0.39 is 6.04 Å². The second-order valence-corrected chi connectivity index (χ2v) is 8.76. The number of hydrogen-bond acceptors (Lipinski definition) is 4. The minimum atomic E-state index is -0.458. The lowest BCUT2D eigenvalue weighted by atomic mass is 10.0. The van der Waals surface area contributed by atoms with Crippen LogP contribution in [0.1, 0.15) is 46.6 Å². The first-order chi connectivity index (χ1) is 16.9. The van der Waals surface area contributed by atoms with Crippen LogP contribution in [-0.4, -0.2) is 39.7 Å². The molecule has 178 valence electrons. The van der Waals surface area contributed by atoms with Gasteiger partial charge in [0.05, 0.1) is 24.3 Å². The number of nitrogens with zero attached hydrogens (tertiary/aromatic N) is 1. The number of nitrogens with one attached hydrogen (secondary N) is 2. The lowest BCUT2D eigenvalue weighted by molar-refractivity contribution is 0.0910. The molecule has 6 nitrogen and oxygen atoms in total. The summed E-state index contributed by atoms with van der Waals surface area (Å²) >= 11 is 0. The lowest BCUT2D eigenvalue weighted by Crippen LogP contribution is -2.39. The molecule has 0 saturated carbocycles. The summed E-state index contributed by atoms with van der Waals surface area (Å²) < 4.78 is 5.89. The first-order valence-corrected chi connectivity index (χ1v) is 11.6. The summed E-state index contributed by atoms with van der Waals surface area (Å²) in [6.45, 7) is 5.60. The van der Waals surface area contributed by atoms with Gasteiger partial charge in [-0.2, -0.15) is 0 Å². The fraction of sp³-hybridized carbons (Fsp3) is 0.241. The molecular formula is C29H29N3O3. The maximum atomic E-state index is 13.3. The molecule has 0 aliphatic heterocycles. The average Bonchev–Trinajstić information content (AvgIpc) is 3.26. The number of pyridine rings is 1. The highest BCUT2D eigenvalue weighted by atomic mass is 16.5. The number of ether oxygens (including phenoxy) is 1. The Labute approximate surface area is 205 Å². The van der Waals surface area contributed by atoms with Crippen molar-refractivity contribution in [1.29, 1.82) is 0 Å². The second kappa shape index (κ2) is 10.9. The molecule has 0 radical (unpaired) electrons. The van der Waals surface area contributed by atoms with E-state index in [4.69, 9.17) is 4.74 Å². The van der Waals surface area contributed by atoms with E-state index in [-0.39, 0.29) is 18.6 Å². The fourth-order valence-corrected chi connectivity index (χ4v) is 3.81. The van der Waals surface area contributed by atoms with Crippen molar-refractivity contribution in [2.75, 3.05) is 6.61 Å². The number of hydrogen-bond donors (Lipinski definition) is 3. The lowest BCUT2D eigenvalue weighted by Gasteiger charge is -2.19. The largest absolute Gasteiger partial charge is 0.490 e. The van der Waals surface area contributed by atoms with Crippen molar-refractivity contribution in [2.24, 2.45) is 0 Å². The van der Waals surface area contributed by atoms with Crippen LogP contribution in [0.3, 0.4) is 0 Å². The van der Waals surface area contributed by atoms with E-state index in [1.807, 2.05) is 69.4 Å². The van der Waals surface area contributed by atoms with Gasteiger partial charge in [0.25, 0.3) is 5.91 Å². The third-order valence-electron chi connectivity index (χ3n) is 5.53. The van der Waals surface area contributed by atoms with Gasteiger partial charge in [0.1, 0.15) is 11.4 Å². The molecule has 2 aromatic carbocycles. The highest BCUT2D eigenvalue weighted by molar-refractivity contribution is 5.97. The predicted molar refractivity (Wildman–Crippen MR) is 138 cm³/mol.